The number of hydrogen-bond acceptors (Lipinski definition) is 0. The molecule has 4 atom stereocenters. The highest BCUT2D eigenvalue weighted by Gasteiger charge is 2.31. The van der Waals surface area contributed by atoms with Gasteiger partial charge in [-0.05, 0) is 90.0 Å². The van der Waals surface area contributed by atoms with Gasteiger partial charge in [0, 0.05) is 0 Å². The minimum absolute atomic E-state index is 0.00990. The highest BCUT2D eigenvalue weighted by molar-refractivity contribution is 7.68. The van der Waals surface area contributed by atoms with E-state index in [1.807, 2.05) is 0 Å². The van der Waals surface area contributed by atoms with Crippen LogP contribution in [0.25, 0.3) is 0 Å². The van der Waals surface area contributed by atoms with Gasteiger partial charge in [0.15, 0.2) is 0 Å². The van der Waals surface area contributed by atoms with Gasteiger partial charge in [-0.15, -0.1) is 0 Å². The minimum atomic E-state index is -0.00990. The zero-order chi connectivity index (χ0) is 20.2. The standard InChI is InChI=1S/C28H32P2/c1-3-10-23(11-4-1)20-25-16-8-18-29(25)27-14-7-15-28(22-27)30-19-9-17-26(30)21-24-12-5-2-6-13-24/h1-7,10-15,22,25-26H,8-9,16-21H2/t25-,26-,29-,30+/m1/s1. The molecule has 2 saturated heterocycles. The van der Waals surface area contributed by atoms with E-state index in [4.69, 9.17) is 0 Å². The normalized spacial score (nSPS) is 26.1. The van der Waals surface area contributed by atoms with Gasteiger partial charge in [0.2, 0.25) is 0 Å². The molecule has 0 radical (unpaired) electrons. The monoisotopic (exact) mass is 430 g/mol. The van der Waals surface area contributed by atoms with E-state index in [0.29, 0.717) is 0 Å². The molecule has 0 nitrogen and oxygen atoms in total. The van der Waals surface area contributed by atoms with Crippen molar-refractivity contribution in [2.24, 2.45) is 0 Å². The molecule has 0 aliphatic carbocycles. The molecule has 5 rings (SSSR count). The summed E-state index contributed by atoms with van der Waals surface area (Å²) >= 11 is 0. The Bertz CT molecular complexity index is 862. The van der Waals surface area contributed by atoms with Crippen LogP contribution in [-0.4, -0.2) is 23.6 Å². The molecule has 0 amide bonds. The molecule has 0 saturated carbocycles. The quantitative estimate of drug-likeness (QED) is 0.381. The molecule has 3 aromatic carbocycles. The molecule has 0 spiro atoms. The fourth-order valence-electron chi connectivity index (χ4n) is 5.40. The first-order valence-corrected chi connectivity index (χ1v) is 14.8. The number of rotatable bonds is 6. The van der Waals surface area contributed by atoms with Gasteiger partial charge in [0.25, 0.3) is 0 Å². The molecular formula is C28H32P2. The van der Waals surface area contributed by atoms with Crippen molar-refractivity contribution in [3.63, 3.8) is 0 Å². The molecule has 2 fully saturated rings. The van der Waals surface area contributed by atoms with Crippen LogP contribution >= 0.6 is 15.8 Å². The summed E-state index contributed by atoms with van der Waals surface area (Å²) in [5, 5.41) is 3.38. The Labute approximate surface area is 184 Å². The van der Waals surface area contributed by atoms with Gasteiger partial charge in [-0.3, -0.25) is 0 Å². The Kier molecular flexibility index (Phi) is 6.65. The summed E-state index contributed by atoms with van der Waals surface area (Å²) in [6.07, 6.45) is 11.1. The maximum atomic E-state index is 2.66. The van der Waals surface area contributed by atoms with Crippen LogP contribution in [0.4, 0.5) is 0 Å². The summed E-state index contributed by atoms with van der Waals surface area (Å²) in [5.74, 6) is 0. The van der Waals surface area contributed by atoms with Crippen LogP contribution < -0.4 is 10.6 Å². The van der Waals surface area contributed by atoms with E-state index in [1.165, 1.54) is 62.0 Å². The van der Waals surface area contributed by atoms with Crippen LogP contribution in [0.1, 0.15) is 36.8 Å². The largest absolute Gasteiger partial charge is 0.0718 e. The second kappa shape index (κ2) is 9.77. The third-order valence-corrected chi connectivity index (χ3v) is 13.0. The lowest BCUT2D eigenvalue weighted by atomic mass is 10.1. The summed E-state index contributed by atoms with van der Waals surface area (Å²) in [6.45, 7) is 0. The van der Waals surface area contributed by atoms with Crippen molar-refractivity contribution < 1.29 is 0 Å². The summed E-state index contributed by atoms with van der Waals surface area (Å²) in [7, 11) is -0.0198. The molecule has 2 heterocycles. The van der Waals surface area contributed by atoms with E-state index in [0.717, 1.165) is 11.3 Å². The van der Waals surface area contributed by atoms with Gasteiger partial charge in [0.05, 0.1) is 0 Å². The molecule has 2 aliphatic heterocycles. The van der Waals surface area contributed by atoms with E-state index in [-0.39, 0.29) is 15.8 Å². The molecule has 0 N–H and O–H groups in total. The molecule has 2 aliphatic rings. The fraction of sp³-hybridized carbons (Fsp3) is 0.357. The lowest BCUT2D eigenvalue weighted by Crippen LogP contribution is -2.19. The van der Waals surface area contributed by atoms with Crippen molar-refractivity contribution in [1.29, 1.82) is 0 Å². The van der Waals surface area contributed by atoms with Gasteiger partial charge >= 0.3 is 0 Å². The molecule has 3 aromatic rings. The van der Waals surface area contributed by atoms with Crippen LogP contribution in [0, 0.1) is 0 Å². The van der Waals surface area contributed by atoms with Gasteiger partial charge in [-0.25, -0.2) is 0 Å². The molecule has 2 heteroatoms. The summed E-state index contributed by atoms with van der Waals surface area (Å²) in [6, 6.07) is 32.3. The number of benzene rings is 3. The minimum Gasteiger partial charge on any atom is -0.0718 e. The predicted molar refractivity (Wildman–Crippen MR) is 136 cm³/mol. The Morgan fingerprint density at radius 1 is 0.567 bits per heavy atom. The Hall–Kier alpha value is -1.48. The van der Waals surface area contributed by atoms with Gasteiger partial charge < -0.3 is 0 Å². The summed E-state index contributed by atoms with van der Waals surface area (Å²) in [5.41, 5.74) is 4.79. The van der Waals surface area contributed by atoms with E-state index in [9.17, 15) is 0 Å². The molecule has 0 aromatic heterocycles. The van der Waals surface area contributed by atoms with Crippen molar-refractivity contribution in [3.8, 4) is 0 Å². The number of hydrogen-bond donors (Lipinski definition) is 0. The average Bonchev–Trinajstić information content (AvgIpc) is 3.45. The van der Waals surface area contributed by atoms with E-state index >= 15 is 0 Å². The van der Waals surface area contributed by atoms with E-state index < -0.39 is 0 Å². The first kappa shape index (κ1) is 20.4. The maximum Gasteiger partial charge on any atom is -0.0128 e. The van der Waals surface area contributed by atoms with E-state index in [2.05, 4.69) is 84.9 Å². The second-order valence-corrected chi connectivity index (χ2v) is 14.1. The highest BCUT2D eigenvalue weighted by Crippen LogP contribution is 2.53. The van der Waals surface area contributed by atoms with Crippen LogP contribution in [0.2, 0.25) is 0 Å². The van der Waals surface area contributed by atoms with Crippen LogP contribution in [0.15, 0.2) is 84.9 Å². The molecule has 154 valence electrons. The molecule has 0 bridgehead atoms. The molecule has 0 unspecified atom stereocenters. The zero-order valence-corrected chi connectivity index (χ0v) is 19.6. The van der Waals surface area contributed by atoms with Crippen molar-refractivity contribution in [2.45, 2.75) is 49.8 Å². The highest BCUT2D eigenvalue weighted by atomic mass is 31.1. The Morgan fingerprint density at radius 3 is 1.50 bits per heavy atom. The Balaban J connectivity index is 1.33. The lowest BCUT2D eigenvalue weighted by Gasteiger charge is -2.25. The third kappa shape index (κ3) is 4.72. The first-order valence-electron chi connectivity index (χ1n) is 11.6. The summed E-state index contributed by atoms with van der Waals surface area (Å²) < 4.78 is 0. The first-order chi connectivity index (χ1) is 14.9. The van der Waals surface area contributed by atoms with Crippen molar-refractivity contribution in [3.05, 3.63) is 96.1 Å². The van der Waals surface area contributed by atoms with Crippen molar-refractivity contribution >= 4 is 26.5 Å². The van der Waals surface area contributed by atoms with Gasteiger partial charge in [0.1, 0.15) is 0 Å². The van der Waals surface area contributed by atoms with Gasteiger partial charge in [-0.2, -0.15) is 0 Å². The second-order valence-electron chi connectivity index (χ2n) is 8.88. The van der Waals surface area contributed by atoms with Crippen LogP contribution in [0.3, 0.4) is 0 Å². The topological polar surface area (TPSA) is 0 Å². The van der Waals surface area contributed by atoms with Crippen molar-refractivity contribution in [2.75, 3.05) is 12.3 Å². The average molecular weight is 431 g/mol. The van der Waals surface area contributed by atoms with Crippen LogP contribution in [-0.2, 0) is 12.8 Å². The van der Waals surface area contributed by atoms with E-state index in [1.54, 1.807) is 10.6 Å². The third-order valence-electron chi connectivity index (χ3n) is 6.88. The lowest BCUT2D eigenvalue weighted by molar-refractivity contribution is 0.774. The molecular weight excluding hydrogens is 398 g/mol. The predicted octanol–water partition coefficient (Wildman–Crippen LogP) is 6.71. The van der Waals surface area contributed by atoms with Gasteiger partial charge in [-0.1, -0.05) is 94.7 Å². The SMILES string of the molecule is c1ccc(C[C@H]2CCC[P@]2c2cccc([P@]3CCC[C@@H]3Cc3ccccc3)c2)cc1. The smallest absolute Gasteiger partial charge is 0.0128 e. The van der Waals surface area contributed by atoms with Crippen molar-refractivity contribution in [1.82, 2.24) is 0 Å². The fourth-order valence-corrected chi connectivity index (χ4v) is 11.7. The Morgan fingerprint density at radius 2 is 1.03 bits per heavy atom. The van der Waals surface area contributed by atoms with Crippen LogP contribution in [0.5, 0.6) is 0 Å². The molecule has 30 heavy (non-hydrogen) atoms. The summed E-state index contributed by atoms with van der Waals surface area (Å²) in [4.78, 5) is 0. The maximum absolute atomic E-state index is 2.66. The zero-order valence-electron chi connectivity index (χ0n) is 17.8.